The first-order valence-corrected chi connectivity index (χ1v) is 11.4. The van der Waals surface area contributed by atoms with Crippen molar-refractivity contribution in [3.05, 3.63) is 36.3 Å². The van der Waals surface area contributed by atoms with Crippen LogP contribution >= 0.6 is 28.4 Å². The van der Waals surface area contributed by atoms with Crippen LogP contribution in [0.1, 0.15) is 12.0 Å². The smallest absolute Gasteiger partial charge is 0.139 e. The molecule has 1 fully saturated rings. The lowest BCUT2D eigenvalue weighted by Crippen LogP contribution is -2.14. The highest BCUT2D eigenvalue weighted by Crippen LogP contribution is 2.22. The van der Waals surface area contributed by atoms with Crippen LogP contribution in [-0.4, -0.2) is 28.9 Å². The van der Waals surface area contributed by atoms with E-state index in [9.17, 15) is 0 Å². The number of nitrogens with zero attached hydrogens (tertiary/aromatic N) is 2. The molecule has 0 spiro atoms. The molecule has 2 aromatic heterocycles. The second-order valence-electron chi connectivity index (χ2n) is 5.45. The van der Waals surface area contributed by atoms with Crippen molar-refractivity contribution < 1.29 is 0 Å². The molecule has 5 nitrogen and oxygen atoms in total. The van der Waals surface area contributed by atoms with Gasteiger partial charge in [-0.3, -0.25) is 0 Å². The van der Waals surface area contributed by atoms with Gasteiger partial charge in [0.05, 0.1) is 0 Å². The van der Waals surface area contributed by atoms with E-state index in [-0.39, 0.29) is 0 Å². The first-order chi connectivity index (χ1) is 10.8. The van der Waals surface area contributed by atoms with E-state index in [1.807, 2.05) is 12.4 Å². The van der Waals surface area contributed by atoms with Crippen molar-refractivity contribution in [2.45, 2.75) is 13.0 Å². The zero-order chi connectivity index (χ0) is 15.4. The molecule has 0 radical (unpaired) electrons. The van der Waals surface area contributed by atoms with Gasteiger partial charge in [0.2, 0.25) is 0 Å². The normalized spacial score (nSPS) is 19.3. The Kier molecular flexibility index (Phi) is 5.44. The highest BCUT2D eigenvalue weighted by atomic mass is 127. The second kappa shape index (κ2) is 7.53. The lowest BCUT2D eigenvalue weighted by molar-refractivity contribution is 0.489. The first-order valence-electron chi connectivity index (χ1n) is 7.29. The molecule has 1 aliphatic heterocycles. The monoisotopic (exact) mass is 427 g/mol. The average molecular weight is 427 g/mol. The number of nitrogens with one attached hydrogen (secondary N) is 3. The number of pyridine rings is 1. The van der Waals surface area contributed by atoms with Gasteiger partial charge >= 0.3 is 0 Å². The van der Waals surface area contributed by atoms with Gasteiger partial charge < -0.3 is 20.4 Å². The minimum Gasteiger partial charge on any atom is -0.364 e. The maximum Gasteiger partial charge on any atom is 0.139 e. The summed E-state index contributed by atoms with van der Waals surface area (Å²) in [6.45, 7) is 3.24. The summed E-state index contributed by atoms with van der Waals surface area (Å²) in [5, 5.41) is 15.3. The summed E-state index contributed by atoms with van der Waals surface area (Å²) in [4.78, 5) is 4.63. The molecule has 0 aliphatic carbocycles. The summed E-state index contributed by atoms with van der Waals surface area (Å²) in [5.41, 5.74) is 2.86. The van der Waals surface area contributed by atoms with E-state index in [1.54, 1.807) is 0 Å². The fraction of sp³-hybridized carbons (Fsp3) is 0.333. The lowest BCUT2D eigenvalue weighted by atomic mass is 10.1. The fourth-order valence-electron chi connectivity index (χ4n) is 2.85. The predicted octanol–water partition coefficient (Wildman–Crippen LogP) is 3.17. The second-order valence-corrected chi connectivity index (χ2v) is 7.54. The van der Waals surface area contributed by atoms with Gasteiger partial charge in [-0.1, -0.05) is 0 Å². The van der Waals surface area contributed by atoms with E-state index in [0.717, 1.165) is 41.8 Å². The van der Waals surface area contributed by atoms with Gasteiger partial charge in [-0.25, -0.2) is 4.98 Å². The summed E-state index contributed by atoms with van der Waals surface area (Å²) in [6.07, 6.45) is 9.06. The highest BCUT2D eigenvalue weighted by molar-refractivity contribution is 14.2. The molecule has 3 N–H and O–H groups in total. The Morgan fingerprint density at radius 2 is 2.55 bits per heavy atom. The van der Waals surface area contributed by atoms with Crippen molar-refractivity contribution in [1.82, 2.24) is 20.0 Å². The van der Waals surface area contributed by atoms with Gasteiger partial charge in [0.25, 0.3) is 0 Å². The highest BCUT2D eigenvalue weighted by Gasteiger charge is 2.16. The zero-order valence-corrected chi connectivity index (χ0v) is 15.3. The number of fused-ring (bicyclic) bond motifs is 1. The molecule has 3 heterocycles. The van der Waals surface area contributed by atoms with Crippen LogP contribution in [-0.2, 0) is 6.54 Å². The van der Waals surface area contributed by atoms with Crippen LogP contribution < -0.4 is 10.4 Å². The van der Waals surface area contributed by atoms with E-state index in [2.05, 4.69) is 60.3 Å². The molecule has 0 aromatic carbocycles. The van der Waals surface area contributed by atoms with Crippen molar-refractivity contribution in [2.75, 3.05) is 13.1 Å². The Labute approximate surface area is 144 Å². The molecule has 1 aliphatic rings. The van der Waals surface area contributed by atoms with Crippen molar-refractivity contribution in [3.8, 4) is 0 Å². The van der Waals surface area contributed by atoms with Gasteiger partial charge in [-0.05, 0) is 59.6 Å². The van der Waals surface area contributed by atoms with Gasteiger partial charge in [0.1, 0.15) is 5.65 Å². The van der Waals surface area contributed by atoms with Crippen molar-refractivity contribution in [3.63, 3.8) is 0 Å². The first kappa shape index (κ1) is 15.9. The molecule has 116 valence electrons. The van der Waals surface area contributed by atoms with Crippen LogP contribution in [0.25, 0.3) is 16.6 Å². The molecular weight excluding hydrogens is 408 g/mol. The summed E-state index contributed by atoms with van der Waals surface area (Å²) in [5.74, 6) is 0.697. The Hall–Kier alpha value is -0.980. The molecule has 0 bridgehead atoms. The van der Waals surface area contributed by atoms with E-state index >= 15 is 0 Å². The van der Waals surface area contributed by atoms with Crippen molar-refractivity contribution in [1.29, 1.82) is 5.41 Å². The van der Waals surface area contributed by atoms with Crippen LogP contribution in [0.2, 0.25) is 0 Å². The molecule has 2 unspecified atom stereocenters. The minimum atomic E-state index is 0.596. The van der Waals surface area contributed by atoms with E-state index in [0.29, 0.717) is 12.3 Å². The van der Waals surface area contributed by atoms with Crippen LogP contribution in [0.3, 0.4) is 0 Å². The number of hydrogen-bond acceptors (Lipinski definition) is 4. The number of halogens is 1. The third-order valence-corrected chi connectivity index (χ3v) is 5.18. The molecule has 22 heavy (non-hydrogen) atoms. The molecule has 3 rings (SSSR count). The Morgan fingerprint density at radius 1 is 1.64 bits per heavy atom. The van der Waals surface area contributed by atoms with Gasteiger partial charge in [0, 0.05) is 54.2 Å². The summed E-state index contributed by atoms with van der Waals surface area (Å²) in [6, 6.07) is 4.23. The lowest BCUT2D eigenvalue weighted by Gasteiger charge is -2.10. The quantitative estimate of drug-likeness (QED) is 0.377. The number of allylic oxidation sites excluding steroid dienone is 1. The Balaban J connectivity index is 1.86. The van der Waals surface area contributed by atoms with E-state index < -0.39 is 0 Å². The summed E-state index contributed by atoms with van der Waals surface area (Å²) >= 11 is 2.27. The Morgan fingerprint density at radius 3 is 3.27 bits per heavy atom. The average Bonchev–Trinajstić information content (AvgIpc) is 3.19. The number of rotatable bonds is 6. The standard InChI is InChI=1S/C15H19IN5P/c16-22-20-9-14(6-17)13-5-12-2-4-21(15(12)19-8-13)10-11-1-3-18-7-11/h2,4-6,8-9,11,17-18,20,22H,1,3,7,10H2/b14-9+,17-6?. The molecule has 0 amide bonds. The van der Waals surface area contributed by atoms with Crippen LogP contribution in [0.15, 0.2) is 30.7 Å². The topological polar surface area (TPSA) is 65.7 Å². The maximum absolute atomic E-state index is 7.57. The minimum absolute atomic E-state index is 0.596. The van der Waals surface area contributed by atoms with Gasteiger partial charge in [-0.15, -0.1) is 0 Å². The van der Waals surface area contributed by atoms with Gasteiger partial charge in [0.15, 0.2) is 0 Å². The summed E-state index contributed by atoms with van der Waals surface area (Å²) < 4.78 is 2.25. The molecule has 2 aromatic rings. The van der Waals surface area contributed by atoms with Crippen LogP contribution in [0.5, 0.6) is 0 Å². The van der Waals surface area contributed by atoms with E-state index in [1.165, 1.54) is 12.6 Å². The number of hydrogen-bond donors (Lipinski definition) is 3. The molecule has 7 heteroatoms. The third-order valence-electron chi connectivity index (χ3n) is 3.99. The van der Waals surface area contributed by atoms with Crippen molar-refractivity contribution in [2.24, 2.45) is 5.92 Å². The molecule has 2 atom stereocenters. The fourth-order valence-corrected chi connectivity index (χ4v) is 3.52. The van der Waals surface area contributed by atoms with E-state index in [4.69, 9.17) is 5.41 Å². The van der Waals surface area contributed by atoms with Crippen LogP contribution in [0.4, 0.5) is 0 Å². The molecule has 1 saturated heterocycles. The zero-order valence-electron chi connectivity index (χ0n) is 12.1. The maximum atomic E-state index is 7.57. The van der Waals surface area contributed by atoms with Crippen molar-refractivity contribution >= 4 is 51.2 Å². The van der Waals surface area contributed by atoms with Crippen LogP contribution in [0, 0.1) is 11.3 Å². The van der Waals surface area contributed by atoms with Gasteiger partial charge in [-0.2, -0.15) is 0 Å². The SMILES string of the molecule is N=C/C(=C\NPI)c1cnc2c(ccn2CC2CCNC2)c1. The summed E-state index contributed by atoms with van der Waals surface area (Å²) in [7, 11) is 0. The predicted molar refractivity (Wildman–Crippen MR) is 103 cm³/mol. The molecule has 0 saturated carbocycles. The third kappa shape index (κ3) is 3.50. The number of aromatic nitrogens is 2. The largest absolute Gasteiger partial charge is 0.364 e. The molecular formula is C15H19IN5P. The Bertz CT molecular complexity index is 690.